The van der Waals surface area contributed by atoms with Crippen molar-refractivity contribution < 1.29 is 9.84 Å². The molecule has 1 saturated carbocycles. The number of hydrogen-bond acceptors (Lipinski definition) is 3. The van der Waals surface area contributed by atoms with Crippen molar-refractivity contribution in [3.8, 4) is 5.75 Å². The molecule has 1 aliphatic rings. The van der Waals surface area contributed by atoms with Crippen molar-refractivity contribution in [2.24, 2.45) is 11.8 Å². The number of ether oxygens (including phenoxy) is 1. The number of aliphatic hydroxyl groups is 1. The Bertz CT molecular complexity index is 1020. The van der Waals surface area contributed by atoms with Crippen LogP contribution in [0, 0.1) is 18.8 Å². The third-order valence-corrected chi connectivity index (χ3v) is 6.46. The molecule has 1 fully saturated rings. The predicted molar refractivity (Wildman–Crippen MR) is 147 cm³/mol. The molecular weight excluding hydrogens is 424 g/mol. The van der Waals surface area contributed by atoms with Crippen LogP contribution in [0.5, 0.6) is 5.75 Å². The zero-order valence-electron chi connectivity index (χ0n) is 20.5. The van der Waals surface area contributed by atoms with Gasteiger partial charge in [-0.1, -0.05) is 57.0 Å². The lowest BCUT2D eigenvalue weighted by molar-refractivity contribution is 0.297. The fraction of sp³-hybridized carbons (Fsp3) is 0.333. The fourth-order valence-corrected chi connectivity index (χ4v) is 3.84. The average molecular weight is 463 g/mol. The fourth-order valence-electron chi connectivity index (χ4n) is 3.66. The summed E-state index contributed by atoms with van der Waals surface area (Å²) in [5.41, 5.74) is 5.60. The van der Waals surface area contributed by atoms with Gasteiger partial charge in [0.05, 0.1) is 6.61 Å². The van der Waals surface area contributed by atoms with Crippen LogP contribution in [-0.4, -0.2) is 11.7 Å². The third kappa shape index (κ3) is 7.71. The lowest BCUT2D eigenvalue weighted by atomic mass is 9.89. The minimum Gasteiger partial charge on any atom is -0.508 e. The summed E-state index contributed by atoms with van der Waals surface area (Å²) in [6.07, 6.45) is 15.0. The SMILES string of the molecule is C=C/C(=C\C(=C)/C(=C\C)C(=C)O)c1cc(C)c(OCC2CC2)cc1CC(C)/C(S)=C/C=C\C. The molecule has 0 aliphatic heterocycles. The van der Waals surface area contributed by atoms with Gasteiger partial charge in [0.25, 0.3) is 0 Å². The Balaban J connectivity index is 2.51. The van der Waals surface area contributed by atoms with E-state index < -0.39 is 0 Å². The molecule has 1 aromatic carbocycles. The van der Waals surface area contributed by atoms with E-state index in [1.807, 2.05) is 50.3 Å². The first-order valence-corrected chi connectivity index (χ1v) is 12.0. The maximum absolute atomic E-state index is 9.92. The topological polar surface area (TPSA) is 29.5 Å². The Morgan fingerprint density at radius 2 is 1.97 bits per heavy atom. The molecule has 2 rings (SSSR count). The summed E-state index contributed by atoms with van der Waals surface area (Å²) in [5.74, 6) is 1.87. The van der Waals surface area contributed by atoms with Crippen LogP contribution in [0.1, 0.15) is 50.3 Å². The van der Waals surface area contributed by atoms with E-state index in [1.165, 1.54) is 18.4 Å². The van der Waals surface area contributed by atoms with E-state index in [2.05, 4.69) is 45.7 Å². The highest BCUT2D eigenvalue weighted by atomic mass is 32.1. The van der Waals surface area contributed by atoms with Crippen molar-refractivity contribution >= 4 is 18.2 Å². The molecule has 3 heteroatoms. The molecule has 1 unspecified atom stereocenters. The maximum atomic E-state index is 9.92. The Kier molecular flexibility index (Phi) is 10.1. The Morgan fingerprint density at radius 1 is 1.27 bits per heavy atom. The number of rotatable bonds is 12. The predicted octanol–water partition coefficient (Wildman–Crippen LogP) is 8.50. The van der Waals surface area contributed by atoms with Crippen LogP contribution in [0.2, 0.25) is 0 Å². The summed E-state index contributed by atoms with van der Waals surface area (Å²) in [6.45, 7) is 20.7. The van der Waals surface area contributed by atoms with E-state index in [9.17, 15) is 5.11 Å². The van der Waals surface area contributed by atoms with Crippen molar-refractivity contribution in [3.63, 3.8) is 0 Å². The molecule has 0 saturated heterocycles. The molecular formula is C30H38O2S. The van der Waals surface area contributed by atoms with Crippen LogP contribution in [0.25, 0.3) is 5.57 Å². The minimum atomic E-state index is 0.00449. The first-order chi connectivity index (χ1) is 15.7. The molecule has 0 heterocycles. The van der Waals surface area contributed by atoms with Crippen molar-refractivity contribution in [3.05, 3.63) is 107 Å². The summed E-state index contributed by atoms with van der Waals surface area (Å²) in [7, 11) is 0. The van der Waals surface area contributed by atoms with Crippen LogP contribution in [-0.2, 0) is 6.42 Å². The van der Waals surface area contributed by atoms with Gasteiger partial charge in [0, 0.05) is 5.57 Å². The number of aryl methyl sites for hydroxylation is 1. The van der Waals surface area contributed by atoms with Crippen LogP contribution in [0.15, 0.2) is 90.1 Å². The number of allylic oxidation sites excluding steroid dienone is 9. The quantitative estimate of drug-likeness (QED) is 0.185. The molecule has 0 bridgehead atoms. The van der Waals surface area contributed by atoms with Crippen molar-refractivity contribution in [2.45, 2.75) is 47.0 Å². The summed E-state index contributed by atoms with van der Waals surface area (Å²) in [6, 6.07) is 4.34. The highest BCUT2D eigenvalue weighted by Crippen LogP contribution is 2.35. The first kappa shape index (κ1) is 26.6. The Hall–Kier alpha value is -2.65. The second-order valence-electron chi connectivity index (χ2n) is 8.73. The third-order valence-electron chi connectivity index (χ3n) is 5.87. The van der Waals surface area contributed by atoms with Crippen LogP contribution in [0.3, 0.4) is 0 Å². The molecule has 33 heavy (non-hydrogen) atoms. The standard InChI is InChI=1S/C30H38O2S/c1-8-11-12-30(33)22(6)16-26-18-29(32-19-24-13-14-24)21(5)17-28(26)25(9-2)15-20(4)27(10-3)23(7)31/h8-12,15,17-18,22,24,31,33H,2,4,7,13-14,16,19H2,1,3,5-6H3/b11-8-,25-15+,27-10+,30-12-. The number of benzene rings is 1. The number of thiol groups is 1. The largest absolute Gasteiger partial charge is 0.508 e. The average Bonchev–Trinajstić information content (AvgIpc) is 3.60. The van der Waals surface area contributed by atoms with Crippen molar-refractivity contribution in [1.29, 1.82) is 0 Å². The molecule has 0 amide bonds. The second-order valence-corrected chi connectivity index (χ2v) is 9.25. The highest BCUT2D eigenvalue weighted by molar-refractivity contribution is 7.84. The Labute approximate surface area is 205 Å². The first-order valence-electron chi connectivity index (χ1n) is 11.6. The van der Waals surface area contributed by atoms with Crippen LogP contribution in [0.4, 0.5) is 0 Å². The summed E-state index contributed by atoms with van der Waals surface area (Å²) in [4.78, 5) is 1.03. The van der Waals surface area contributed by atoms with E-state index in [4.69, 9.17) is 17.4 Å². The lowest BCUT2D eigenvalue weighted by Crippen LogP contribution is -2.07. The minimum absolute atomic E-state index is 0.00449. The van der Waals surface area contributed by atoms with Gasteiger partial charge in [-0.2, -0.15) is 0 Å². The molecule has 1 N–H and O–H groups in total. The van der Waals surface area contributed by atoms with E-state index in [0.29, 0.717) is 17.1 Å². The zero-order valence-corrected chi connectivity index (χ0v) is 21.4. The van der Waals surface area contributed by atoms with Gasteiger partial charge >= 0.3 is 0 Å². The van der Waals surface area contributed by atoms with Crippen molar-refractivity contribution in [1.82, 2.24) is 0 Å². The zero-order chi connectivity index (χ0) is 24.5. The molecule has 0 aromatic heterocycles. The summed E-state index contributed by atoms with van der Waals surface area (Å²) >= 11 is 4.72. The van der Waals surface area contributed by atoms with Gasteiger partial charge in [-0.3, -0.25) is 0 Å². The molecule has 1 atom stereocenters. The van der Waals surface area contributed by atoms with E-state index >= 15 is 0 Å². The van der Waals surface area contributed by atoms with Gasteiger partial charge in [-0.25, -0.2) is 0 Å². The molecule has 2 nitrogen and oxygen atoms in total. The molecule has 176 valence electrons. The maximum Gasteiger partial charge on any atom is 0.122 e. The molecule has 1 aliphatic carbocycles. The smallest absolute Gasteiger partial charge is 0.122 e. The van der Waals surface area contributed by atoms with Crippen LogP contribution < -0.4 is 4.74 Å². The number of hydrogen-bond donors (Lipinski definition) is 2. The monoisotopic (exact) mass is 462 g/mol. The summed E-state index contributed by atoms with van der Waals surface area (Å²) in [5, 5.41) is 9.92. The molecule has 0 spiro atoms. The van der Waals surface area contributed by atoms with Gasteiger partial charge in [0.1, 0.15) is 11.5 Å². The highest BCUT2D eigenvalue weighted by Gasteiger charge is 2.23. The van der Waals surface area contributed by atoms with Gasteiger partial charge < -0.3 is 9.84 Å². The van der Waals surface area contributed by atoms with E-state index in [1.54, 1.807) is 0 Å². The van der Waals surface area contributed by atoms with Crippen LogP contribution >= 0.6 is 12.6 Å². The van der Waals surface area contributed by atoms with E-state index in [0.717, 1.165) is 40.4 Å². The van der Waals surface area contributed by atoms with Gasteiger partial charge in [-0.05, 0) is 103 Å². The number of aliphatic hydroxyl groups excluding tert-OH is 1. The molecule has 1 aromatic rings. The summed E-state index contributed by atoms with van der Waals surface area (Å²) < 4.78 is 6.18. The van der Waals surface area contributed by atoms with E-state index in [-0.39, 0.29) is 11.7 Å². The van der Waals surface area contributed by atoms with Gasteiger partial charge in [-0.15, -0.1) is 12.6 Å². The molecule has 0 radical (unpaired) electrons. The van der Waals surface area contributed by atoms with Gasteiger partial charge in [0.2, 0.25) is 0 Å². The Morgan fingerprint density at radius 3 is 2.52 bits per heavy atom. The normalized spacial score (nSPS) is 16.1. The lowest BCUT2D eigenvalue weighted by Gasteiger charge is -2.20. The van der Waals surface area contributed by atoms with Gasteiger partial charge in [0.15, 0.2) is 0 Å². The van der Waals surface area contributed by atoms with Crippen molar-refractivity contribution in [2.75, 3.05) is 6.61 Å². The second kappa shape index (κ2) is 12.6.